The predicted molar refractivity (Wildman–Crippen MR) is 98.6 cm³/mol. The van der Waals surface area contributed by atoms with Crippen LogP contribution in [0.1, 0.15) is 24.0 Å². The second-order valence-corrected chi connectivity index (χ2v) is 6.46. The van der Waals surface area contributed by atoms with Crippen LogP contribution >= 0.6 is 0 Å². The summed E-state index contributed by atoms with van der Waals surface area (Å²) in [6.07, 6.45) is 6.37. The molecule has 2 heterocycles. The van der Waals surface area contributed by atoms with Crippen LogP contribution in [0.25, 0.3) is 12.2 Å². The van der Waals surface area contributed by atoms with E-state index in [9.17, 15) is 0 Å². The van der Waals surface area contributed by atoms with Crippen LogP contribution in [0, 0.1) is 0 Å². The second kappa shape index (κ2) is 7.68. The Morgan fingerprint density at radius 2 is 1.16 bits per heavy atom. The third-order valence-corrected chi connectivity index (χ3v) is 4.18. The molecule has 0 radical (unpaired) electrons. The van der Waals surface area contributed by atoms with E-state index in [1.54, 1.807) is 0 Å². The molecule has 3 heteroatoms. The first-order chi connectivity index (χ1) is 12.3. The first-order valence-corrected chi connectivity index (χ1v) is 8.77. The van der Waals surface area contributed by atoms with Crippen molar-refractivity contribution >= 4 is 12.2 Å². The topological polar surface area (TPSA) is 34.3 Å². The molecule has 2 fully saturated rings. The number of hydrogen-bond acceptors (Lipinski definition) is 3. The van der Waals surface area contributed by atoms with Gasteiger partial charge < -0.3 is 14.2 Å². The van der Waals surface area contributed by atoms with Crippen molar-refractivity contribution in [2.24, 2.45) is 0 Å². The summed E-state index contributed by atoms with van der Waals surface area (Å²) < 4.78 is 17.1. The summed E-state index contributed by atoms with van der Waals surface area (Å²) in [5.41, 5.74) is 2.28. The minimum Gasteiger partial charge on any atom is -0.466 e. The quantitative estimate of drug-likeness (QED) is 0.520. The van der Waals surface area contributed by atoms with E-state index >= 15 is 0 Å². The van der Waals surface area contributed by atoms with E-state index in [1.165, 1.54) is 0 Å². The van der Waals surface area contributed by atoms with Gasteiger partial charge in [0.1, 0.15) is 11.5 Å². The standard InChI is InChI=1S/C22H22O3/c1-3-7-17(8-4-1)11-19(13-21-15-23-21)25-20(14-22-16-24-22)12-18-9-5-2-6-10-18/h1-12,21-22H,13-16H2. The molecule has 25 heavy (non-hydrogen) atoms. The molecule has 0 amide bonds. The summed E-state index contributed by atoms with van der Waals surface area (Å²) >= 11 is 0. The summed E-state index contributed by atoms with van der Waals surface area (Å²) in [6.45, 7) is 1.64. The molecule has 128 valence electrons. The third-order valence-electron chi connectivity index (χ3n) is 4.18. The fourth-order valence-electron chi connectivity index (χ4n) is 2.72. The summed E-state index contributed by atoms with van der Waals surface area (Å²) in [5.74, 6) is 1.88. The molecule has 4 rings (SSSR count). The highest BCUT2D eigenvalue weighted by atomic mass is 16.6. The Labute approximate surface area is 148 Å². The van der Waals surface area contributed by atoms with Crippen molar-refractivity contribution in [2.45, 2.75) is 25.0 Å². The van der Waals surface area contributed by atoms with Crippen molar-refractivity contribution in [3.63, 3.8) is 0 Å². The zero-order chi connectivity index (χ0) is 16.9. The molecule has 2 aromatic rings. The molecule has 2 atom stereocenters. The second-order valence-electron chi connectivity index (χ2n) is 6.46. The Morgan fingerprint density at radius 1 is 0.760 bits per heavy atom. The van der Waals surface area contributed by atoms with Gasteiger partial charge in [-0.15, -0.1) is 0 Å². The van der Waals surface area contributed by atoms with E-state index < -0.39 is 0 Å². The maximum atomic E-state index is 6.32. The van der Waals surface area contributed by atoms with E-state index in [1.807, 2.05) is 36.4 Å². The van der Waals surface area contributed by atoms with Crippen molar-refractivity contribution in [3.05, 3.63) is 83.3 Å². The molecular formula is C22H22O3. The van der Waals surface area contributed by atoms with Crippen LogP contribution in [0.5, 0.6) is 0 Å². The van der Waals surface area contributed by atoms with Crippen LogP contribution < -0.4 is 0 Å². The van der Waals surface area contributed by atoms with E-state index in [0.29, 0.717) is 0 Å². The zero-order valence-electron chi connectivity index (χ0n) is 14.1. The van der Waals surface area contributed by atoms with Crippen molar-refractivity contribution in [1.29, 1.82) is 0 Å². The molecule has 2 unspecified atom stereocenters. The summed E-state index contributed by atoms with van der Waals surface area (Å²) in [5, 5.41) is 0. The van der Waals surface area contributed by atoms with Crippen molar-refractivity contribution in [1.82, 2.24) is 0 Å². The number of benzene rings is 2. The average molecular weight is 334 g/mol. The van der Waals surface area contributed by atoms with Gasteiger partial charge in [-0.2, -0.15) is 0 Å². The van der Waals surface area contributed by atoms with E-state index in [4.69, 9.17) is 14.2 Å². The highest BCUT2D eigenvalue weighted by molar-refractivity contribution is 5.54. The molecule has 2 aliphatic rings. The maximum Gasteiger partial charge on any atom is 0.107 e. The average Bonchev–Trinajstić information content (AvgIpc) is 3.54. The number of hydrogen-bond donors (Lipinski definition) is 0. The summed E-state index contributed by atoms with van der Waals surface area (Å²) in [4.78, 5) is 0. The minimum atomic E-state index is 0.283. The van der Waals surface area contributed by atoms with Gasteiger partial charge in [-0.05, 0) is 23.3 Å². The van der Waals surface area contributed by atoms with Gasteiger partial charge in [-0.3, -0.25) is 0 Å². The molecular weight excluding hydrogens is 312 g/mol. The van der Waals surface area contributed by atoms with Gasteiger partial charge in [0.2, 0.25) is 0 Å². The van der Waals surface area contributed by atoms with Gasteiger partial charge in [-0.1, -0.05) is 60.7 Å². The zero-order valence-corrected chi connectivity index (χ0v) is 14.1. The molecule has 2 aliphatic heterocycles. The number of ether oxygens (including phenoxy) is 3. The minimum absolute atomic E-state index is 0.283. The van der Waals surface area contributed by atoms with Gasteiger partial charge in [0.25, 0.3) is 0 Å². The number of epoxide rings is 2. The lowest BCUT2D eigenvalue weighted by molar-refractivity contribution is 0.260. The Balaban J connectivity index is 1.56. The molecule has 2 saturated heterocycles. The monoisotopic (exact) mass is 334 g/mol. The molecule has 0 aromatic heterocycles. The van der Waals surface area contributed by atoms with Crippen LogP contribution in [-0.4, -0.2) is 25.4 Å². The fourth-order valence-corrected chi connectivity index (χ4v) is 2.72. The summed E-state index contributed by atoms with van der Waals surface area (Å²) in [6, 6.07) is 20.5. The normalized spacial score (nSPS) is 22.6. The van der Waals surface area contributed by atoms with Crippen LogP contribution in [0.2, 0.25) is 0 Å². The van der Waals surface area contributed by atoms with E-state index in [2.05, 4.69) is 36.4 Å². The lowest BCUT2D eigenvalue weighted by Crippen LogP contribution is -2.00. The van der Waals surface area contributed by atoms with Crippen LogP contribution in [0.4, 0.5) is 0 Å². The Hall–Kier alpha value is -2.36. The van der Waals surface area contributed by atoms with Gasteiger partial charge in [0.15, 0.2) is 0 Å². The highest BCUT2D eigenvalue weighted by Gasteiger charge is 2.28. The van der Waals surface area contributed by atoms with Gasteiger partial charge in [-0.25, -0.2) is 0 Å². The smallest absolute Gasteiger partial charge is 0.107 e. The molecule has 2 aromatic carbocycles. The van der Waals surface area contributed by atoms with Gasteiger partial charge in [0.05, 0.1) is 25.4 Å². The Kier molecular flexibility index (Phi) is 4.96. The molecule has 0 bridgehead atoms. The first-order valence-electron chi connectivity index (χ1n) is 8.77. The molecule has 0 saturated carbocycles. The Bertz CT molecular complexity index is 676. The SMILES string of the molecule is C(=C(CC1CO1)OC(=Cc1ccccc1)CC1CO1)c1ccccc1. The van der Waals surface area contributed by atoms with Crippen LogP contribution in [0.3, 0.4) is 0 Å². The number of rotatable bonds is 8. The Morgan fingerprint density at radius 3 is 1.52 bits per heavy atom. The molecule has 0 N–H and O–H groups in total. The maximum absolute atomic E-state index is 6.32. The van der Waals surface area contributed by atoms with E-state index in [0.717, 1.165) is 48.7 Å². The van der Waals surface area contributed by atoms with Gasteiger partial charge in [0, 0.05) is 12.8 Å². The largest absolute Gasteiger partial charge is 0.466 e. The third kappa shape index (κ3) is 5.31. The molecule has 3 nitrogen and oxygen atoms in total. The van der Waals surface area contributed by atoms with Gasteiger partial charge >= 0.3 is 0 Å². The lowest BCUT2D eigenvalue weighted by atomic mass is 10.1. The van der Waals surface area contributed by atoms with E-state index in [-0.39, 0.29) is 12.2 Å². The van der Waals surface area contributed by atoms with Crippen molar-refractivity contribution < 1.29 is 14.2 Å². The van der Waals surface area contributed by atoms with Crippen molar-refractivity contribution in [2.75, 3.05) is 13.2 Å². The van der Waals surface area contributed by atoms with Crippen molar-refractivity contribution in [3.8, 4) is 0 Å². The highest BCUT2D eigenvalue weighted by Crippen LogP contribution is 2.28. The fraction of sp³-hybridized carbons (Fsp3) is 0.273. The van der Waals surface area contributed by atoms with Crippen LogP contribution in [-0.2, 0) is 14.2 Å². The molecule has 0 aliphatic carbocycles. The summed E-state index contributed by atoms with van der Waals surface area (Å²) in [7, 11) is 0. The first kappa shape index (κ1) is 16.1. The van der Waals surface area contributed by atoms with Crippen LogP contribution in [0.15, 0.2) is 72.2 Å². The predicted octanol–water partition coefficient (Wildman–Crippen LogP) is 4.66. The molecule has 0 spiro atoms. The lowest BCUT2D eigenvalue weighted by Gasteiger charge is -2.13.